The largest absolute Gasteiger partial charge is 0.495 e. The van der Waals surface area contributed by atoms with Crippen molar-refractivity contribution in [1.29, 1.82) is 0 Å². The molecule has 3 nitrogen and oxygen atoms in total. The Labute approximate surface area is 92.9 Å². The standard InChI is InChI=1S/C11H11ClO3/c1-15-10-6-5-8(7-9(10)12)3-2-4-11(13)14/h2,4-7H,3H2,1H3,(H,13,14)/b4-2+. The van der Waals surface area contributed by atoms with Crippen LogP contribution in [0, 0.1) is 0 Å². The van der Waals surface area contributed by atoms with Gasteiger partial charge in [-0.05, 0) is 24.1 Å². The maximum atomic E-state index is 10.2. The van der Waals surface area contributed by atoms with E-state index in [4.69, 9.17) is 21.4 Å². The van der Waals surface area contributed by atoms with E-state index < -0.39 is 5.97 Å². The highest BCUT2D eigenvalue weighted by molar-refractivity contribution is 6.32. The summed E-state index contributed by atoms with van der Waals surface area (Å²) < 4.78 is 5.00. The molecule has 0 aliphatic rings. The van der Waals surface area contributed by atoms with Gasteiger partial charge in [-0.2, -0.15) is 0 Å². The molecular weight excluding hydrogens is 216 g/mol. The maximum Gasteiger partial charge on any atom is 0.327 e. The van der Waals surface area contributed by atoms with Crippen LogP contribution in [-0.2, 0) is 11.2 Å². The summed E-state index contributed by atoms with van der Waals surface area (Å²) in [7, 11) is 1.55. The quantitative estimate of drug-likeness (QED) is 0.803. The van der Waals surface area contributed by atoms with Crippen LogP contribution in [0.15, 0.2) is 30.4 Å². The molecule has 0 saturated heterocycles. The van der Waals surface area contributed by atoms with Gasteiger partial charge in [0.2, 0.25) is 0 Å². The van der Waals surface area contributed by atoms with Crippen molar-refractivity contribution >= 4 is 17.6 Å². The lowest BCUT2D eigenvalue weighted by Crippen LogP contribution is -1.89. The first-order valence-electron chi connectivity index (χ1n) is 4.35. The van der Waals surface area contributed by atoms with Crippen LogP contribution in [0.5, 0.6) is 5.75 Å². The first-order chi connectivity index (χ1) is 7.13. The van der Waals surface area contributed by atoms with Crippen LogP contribution >= 0.6 is 11.6 Å². The molecule has 0 fully saturated rings. The highest BCUT2D eigenvalue weighted by atomic mass is 35.5. The maximum absolute atomic E-state index is 10.2. The molecule has 0 aliphatic heterocycles. The SMILES string of the molecule is COc1ccc(C/C=C/C(=O)O)cc1Cl. The number of hydrogen-bond acceptors (Lipinski definition) is 2. The number of ether oxygens (including phenoxy) is 1. The third-order valence-corrected chi connectivity index (χ3v) is 2.13. The van der Waals surface area contributed by atoms with Gasteiger partial charge in [0.25, 0.3) is 0 Å². The van der Waals surface area contributed by atoms with E-state index in [-0.39, 0.29) is 0 Å². The Morgan fingerprint density at radius 2 is 2.33 bits per heavy atom. The van der Waals surface area contributed by atoms with Gasteiger partial charge in [-0.3, -0.25) is 0 Å². The Morgan fingerprint density at radius 3 is 2.87 bits per heavy atom. The predicted molar refractivity (Wildman–Crippen MR) is 58.5 cm³/mol. The molecule has 0 spiro atoms. The van der Waals surface area contributed by atoms with Gasteiger partial charge >= 0.3 is 5.97 Å². The van der Waals surface area contributed by atoms with Crippen LogP contribution in [-0.4, -0.2) is 18.2 Å². The topological polar surface area (TPSA) is 46.5 Å². The molecule has 0 bridgehead atoms. The van der Waals surface area contributed by atoms with Crippen molar-refractivity contribution in [2.24, 2.45) is 0 Å². The Bertz CT molecular complexity index is 385. The fourth-order valence-corrected chi connectivity index (χ4v) is 1.41. The fourth-order valence-electron chi connectivity index (χ4n) is 1.13. The Hall–Kier alpha value is -1.48. The first-order valence-corrected chi connectivity index (χ1v) is 4.73. The minimum Gasteiger partial charge on any atom is -0.495 e. The zero-order chi connectivity index (χ0) is 11.3. The number of allylic oxidation sites excluding steroid dienone is 1. The van der Waals surface area contributed by atoms with Crippen molar-refractivity contribution in [3.63, 3.8) is 0 Å². The molecule has 0 atom stereocenters. The number of methoxy groups -OCH3 is 1. The zero-order valence-electron chi connectivity index (χ0n) is 8.24. The molecule has 1 rings (SSSR count). The number of rotatable bonds is 4. The van der Waals surface area contributed by atoms with Crippen molar-refractivity contribution in [2.45, 2.75) is 6.42 Å². The summed E-state index contributed by atoms with van der Waals surface area (Å²) in [6.45, 7) is 0. The summed E-state index contributed by atoms with van der Waals surface area (Å²) in [5.41, 5.74) is 0.943. The van der Waals surface area contributed by atoms with Crippen molar-refractivity contribution in [1.82, 2.24) is 0 Å². The smallest absolute Gasteiger partial charge is 0.327 e. The zero-order valence-corrected chi connectivity index (χ0v) is 8.99. The Morgan fingerprint density at radius 1 is 1.60 bits per heavy atom. The second kappa shape index (κ2) is 5.41. The van der Waals surface area contributed by atoms with E-state index in [0.717, 1.165) is 11.6 Å². The average Bonchev–Trinajstić information content (AvgIpc) is 2.17. The average molecular weight is 227 g/mol. The van der Waals surface area contributed by atoms with Gasteiger partial charge in [-0.15, -0.1) is 0 Å². The van der Waals surface area contributed by atoms with E-state index in [2.05, 4.69) is 0 Å². The number of halogens is 1. The lowest BCUT2D eigenvalue weighted by molar-refractivity contribution is -0.131. The van der Waals surface area contributed by atoms with E-state index in [1.807, 2.05) is 6.07 Å². The van der Waals surface area contributed by atoms with Gasteiger partial charge in [0.15, 0.2) is 0 Å². The Balaban J connectivity index is 2.71. The fraction of sp³-hybridized carbons (Fsp3) is 0.182. The van der Waals surface area contributed by atoms with Crippen molar-refractivity contribution in [3.05, 3.63) is 40.9 Å². The first kappa shape index (κ1) is 11.6. The molecule has 15 heavy (non-hydrogen) atoms. The second-order valence-corrected chi connectivity index (χ2v) is 3.32. The van der Waals surface area contributed by atoms with Gasteiger partial charge in [0.05, 0.1) is 12.1 Å². The van der Waals surface area contributed by atoms with E-state index in [1.54, 1.807) is 25.3 Å². The molecular formula is C11H11ClO3. The molecule has 0 aromatic heterocycles. The highest BCUT2D eigenvalue weighted by Gasteiger charge is 2.00. The summed E-state index contributed by atoms with van der Waals surface area (Å²) in [6, 6.07) is 5.36. The van der Waals surface area contributed by atoms with Crippen LogP contribution < -0.4 is 4.74 Å². The van der Waals surface area contributed by atoms with Crippen molar-refractivity contribution in [2.75, 3.05) is 7.11 Å². The van der Waals surface area contributed by atoms with Gasteiger partial charge in [-0.1, -0.05) is 23.7 Å². The monoisotopic (exact) mass is 226 g/mol. The number of carboxylic acids is 1. The highest BCUT2D eigenvalue weighted by Crippen LogP contribution is 2.25. The van der Waals surface area contributed by atoms with Crippen LogP contribution in [0.4, 0.5) is 0 Å². The van der Waals surface area contributed by atoms with E-state index in [0.29, 0.717) is 17.2 Å². The second-order valence-electron chi connectivity index (χ2n) is 2.91. The molecule has 4 heteroatoms. The van der Waals surface area contributed by atoms with Gasteiger partial charge in [0.1, 0.15) is 5.75 Å². The van der Waals surface area contributed by atoms with Gasteiger partial charge < -0.3 is 9.84 Å². The van der Waals surface area contributed by atoms with Gasteiger partial charge in [-0.25, -0.2) is 4.79 Å². The normalized spacial score (nSPS) is 10.5. The third-order valence-electron chi connectivity index (χ3n) is 1.83. The molecule has 0 unspecified atom stereocenters. The molecule has 0 aliphatic carbocycles. The van der Waals surface area contributed by atoms with Crippen molar-refractivity contribution < 1.29 is 14.6 Å². The lowest BCUT2D eigenvalue weighted by Gasteiger charge is -2.03. The molecule has 1 N–H and O–H groups in total. The minimum absolute atomic E-state index is 0.527. The summed E-state index contributed by atoms with van der Waals surface area (Å²) in [5, 5.41) is 8.92. The number of carbonyl (C=O) groups is 1. The van der Waals surface area contributed by atoms with E-state index in [1.165, 1.54) is 0 Å². The van der Waals surface area contributed by atoms with E-state index >= 15 is 0 Å². The number of hydrogen-bond donors (Lipinski definition) is 1. The molecule has 1 aromatic carbocycles. The third kappa shape index (κ3) is 3.64. The predicted octanol–water partition coefficient (Wildman–Crippen LogP) is 2.53. The summed E-state index contributed by atoms with van der Waals surface area (Å²) in [4.78, 5) is 10.2. The molecule has 0 amide bonds. The summed E-state index contributed by atoms with van der Waals surface area (Å²) >= 11 is 5.91. The summed E-state index contributed by atoms with van der Waals surface area (Å²) in [6.07, 6.45) is 3.22. The number of benzene rings is 1. The lowest BCUT2D eigenvalue weighted by atomic mass is 10.1. The van der Waals surface area contributed by atoms with Crippen LogP contribution in [0.2, 0.25) is 5.02 Å². The van der Waals surface area contributed by atoms with Crippen LogP contribution in [0.25, 0.3) is 0 Å². The molecule has 0 saturated carbocycles. The number of aliphatic carboxylic acids is 1. The minimum atomic E-state index is -0.949. The number of carboxylic acid groups (broad SMARTS) is 1. The van der Waals surface area contributed by atoms with Crippen molar-refractivity contribution in [3.8, 4) is 5.75 Å². The van der Waals surface area contributed by atoms with Crippen LogP contribution in [0.3, 0.4) is 0 Å². The summed E-state index contributed by atoms with van der Waals surface area (Å²) in [5.74, 6) is -0.336. The van der Waals surface area contributed by atoms with Crippen LogP contribution in [0.1, 0.15) is 5.56 Å². The molecule has 1 aromatic rings. The Kier molecular flexibility index (Phi) is 4.18. The molecule has 0 heterocycles. The van der Waals surface area contributed by atoms with E-state index in [9.17, 15) is 4.79 Å². The van der Waals surface area contributed by atoms with Gasteiger partial charge in [0, 0.05) is 6.08 Å². The molecule has 0 radical (unpaired) electrons. The molecule has 80 valence electrons.